The zero-order valence-electron chi connectivity index (χ0n) is 18.6. The number of benzene rings is 2. The minimum Gasteiger partial charge on any atom is -0.478 e. The number of nitrogens with one attached hydrogen (secondary N) is 1. The summed E-state index contributed by atoms with van der Waals surface area (Å²) >= 11 is 1.05. The van der Waals surface area contributed by atoms with Crippen LogP contribution in [0, 0.1) is 17.5 Å². The molecule has 0 aliphatic rings. The number of aryl methyl sites for hydroxylation is 1. The maximum Gasteiger partial charge on any atom is 0.331 e. The number of nitrogens with zero attached hydrogens (tertiary/aromatic N) is 1. The molecule has 2 N–H and O–H groups in total. The topological polar surface area (TPSA) is 79.3 Å². The van der Waals surface area contributed by atoms with E-state index in [1.807, 2.05) is 0 Å². The predicted octanol–water partition coefficient (Wildman–Crippen LogP) is 6.70. The van der Waals surface area contributed by atoms with Crippen molar-refractivity contribution in [3.8, 4) is 11.3 Å². The molecule has 178 valence electrons. The zero-order valence-corrected chi connectivity index (χ0v) is 19.4. The second-order valence-corrected chi connectivity index (χ2v) is 8.57. The Morgan fingerprint density at radius 2 is 1.85 bits per heavy atom. The van der Waals surface area contributed by atoms with Crippen LogP contribution in [0.5, 0.6) is 0 Å². The number of carbonyl (C=O) groups excluding carboxylic acids is 1. The summed E-state index contributed by atoms with van der Waals surface area (Å²) in [7, 11) is 0. The van der Waals surface area contributed by atoms with Crippen LogP contribution in [-0.4, -0.2) is 22.0 Å². The Kier molecular flexibility index (Phi) is 8.22. The molecule has 0 fully saturated rings. The summed E-state index contributed by atoms with van der Waals surface area (Å²) in [6.07, 6.45) is 4.40. The van der Waals surface area contributed by atoms with Crippen LogP contribution in [-0.2, 0) is 11.2 Å². The molecule has 0 saturated carbocycles. The molecule has 5 nitrogen and oxygen atoms in total. The largest absolute Gasteiger partial charge is 0.478 e. The summed E-state index contributed by atoms with van der Waals surface area (Å²) in [6, 6.07) is 6.73. The molecule has 0 aliphatic heterocycles. The number of unbranched alkanes of at least 4 members (excludes halogenated alkanes) is 2. The third kappa shape index (κ3) is 5.91. The van der Waals surface area contributed by atoms with E-state index in [-0.39, 0.29) is 22.1 Å². The molecule has 0 atom stereocenters. The Balaban J connectivity index is 1.78. The highest BCUT2D eigenvalue weighted by atomic mass is 32.1. The Hall–Kier alpha value is -3.46. The fourth-order valence-corrected chi connectivity index (χ4v) is 4.00. The van der Waals surface area contributed by atoms with E-state index in [1.54, 1.807) is 23.6 Å². The van der Waals surface area contributed by atoms with E-state index in [1.165, 1.54) is 6.92 Å². The maximum atomic E-state index is 14.9. The van der Waals surface area contributed by atoms with Crippen molar-refractivity contribution < 1.29 is 27.9 Å². The molecule has 3 aromatic rings. The average Bonchev–Trinajstić information content (AvgIpc) is 3.25. The van der Waals surface area contributed by atoms with Crippen molar-refractivity contribution in [1.29, 1.82) is 0 Å². The van der Waals surface area contributed by atoms with E-state index in [0.717, 1.165) is 48.8 Å². The standard InChI is InChI=1S/C25H23F3N2O3S/c1-3-4-5-7-15-8-6-9-17(22(15)28)21-13-34-25(29-21)30-23(31)16-11-19(26)18(20(27)12-16)10-14(2)24(32)33/h6,8-13H,3-5,7H2,1-2H3,(H,32,33)(H,29,30,31)/b14-10+. The Morgan fingerprint density at radius 3 is 2.50 bits per heavy atom. The molecule has 2 aromatic carbocycles. The molecule has 0 spiro atoms. The molecule has 0 unspecified atom stereocenters. The van der Waals surface area contributed by atoms with Crippen molar-refractivity contribution in [2.45, 2.75) is 39.5 Å². The lowest BCUT2D eigenvalue weighted by atomic mass is 10.0. The van der Waals surface area contributed by atoms with Crippen molar-refractivity contribution in [3.63, 3.8) is 0 Å². The normalized spacial score (nSPS) is 11.5. The first-order valence-electron chi connectivity index (χ1n) is 10.7. The molecule has 0 saturated heterocycles. The highest BCUT2D eigenvalue weighted by Gasteiger charge is 2.18. The summed E-state index contributed by atoms with van der Waals surface area (Å²) in [5.41, 5.74) is 0.142. The molecular formula is C25H23F3N2O3S. The van der Waals surface area contributed by atoms with Crippen LogP contribution in [0.3, 0.4) is 0 Å². The fourth-order valence-electron chi connectivity index (χ4n) is 3.29. The van der Waals surface area contributed by atoms with E-state index in [0.29, 0.717) is 23.2 Å². The first kappa shape index (κ1) is 25.2. The van der Waals surface area contributed by atoms with Gasteiger partial charge in [0.1, 0.15) is 17.5 Å². The minimum atomic E-state index is -1.32. The number of thiazole rings is 1. The Morgan fingerprint density at radius 1 is 1.15 bits per heavy atom. The van der Waals surface area contributed by atoms with Gasteiger partial charge in [-0.05, 0) is 49.6 Å². The van der Waals surface area contributed by atoms with Gasteiger partial charge in [0, 0.05) is 27.6 Å². The summed E-state index contributed by atoms with van der Waals surface area (Å²) in [6.45, 7) is 3.28. The molecule has 34 heavy (non-hydrogen) atoms. The second-order valence-electron chi connectivity index (χ2n) is 7.71. The van der Waals surface area contributed by atoms with Crippen LogP contribution >= 0.6 is 11.3 Å². The number of hydrogen-bond acceptors (Lipinski definition) is 4. The van der Waals surface area contributed by atoms with Crippen LogP contribution in [0.1, 0.15) is 54.6 Å². The first-order chi connectivity index (χ1) is 16.2. The highest BCUT2D eigenvalue weighted by molar-refractivity contribution is 7.14. The van der Waals surface area contributed by atoms with Crippen molar-refractivity contribution in [1.82, 2.24) is 4.98 Å². The number of amides is 1. The third-order valence-electron chi connectivity index (χ3n) is 5.17. The van der Waals surface area contributed by atoms with Crippen molar-refractivity contribution >= 4 is 34.4 Å². The van der Waals surface area contributed by atoms with E-state index in [9.17, 15) is 22.8 Å². The van der Waals surface area contributed by atoms with Crippen molar-refractivity contribution in [3.05, 3.63) is 75.4 Å². The smallest absolute Gasteiger partial charge is 0.331 e. The van der Waals surface area contributed by atoms with Gasteiger partial charge in [-0.2, -0.15) is 0 Å². The van der Waals surface area contributed by atoms with Gasteiger partial charge < -0.3 is 5.11 Å². The molecule has 0 bridgehead atoms. The van der Waals surface area contributed by atoms with Crippen LogP contribution in [0.15, 0.2) is 41.3 Å². The van der Waals surface area contributed by atoms with Gasteiger partial charge in [-0.15, -0.1) is 11.3 Å². The number of hydrogen-bond donors (Lipinski definition) is 2. The molecule has 1 amide bonds. The quantitative estimate of drug-likeness (QED) is 0.259. The van der Waals surface area contributed by atoms with Gasteiger partial charge in [0.15, 0.2) is 5.13 Å². The molecule has 1 aromatic heterocycles. The van der Waals surface area contributed by atoms with Crippen LogP contribution in [0.4, 0.5) is 18.3 Å². The Bertz CT molecular complexity index is 1230. The fraction of sp³-hybridized carbons (Fsp3) is 0.240. The monoisotopic (exact) mass is 488 g/mol. The summed E-state index contributed by atoms with van der Waals surface area (Å²) in [5, 5.41) is 13.1. The average molecular weight is 489 g/mol. The SMILES string of the molecule is CCCCCc1cccc(-c2csc(NC(=O)c3cc(F)c(/C=C(\C)C(=O)O)c(F)c3)n2)c1F. The van der Waals surface area contributed by atoms with Gasteiger partial charge in [-0.1, -0.05) is 31.9 Å². The molecule has 0 radical (unpaired) electrons. The number of aliphatic carboxylic acids is 1. The highest BCUT2D eigenvalue weighted by Crippen LogP contribution is 2.29. The molecule has 0 aliphatic carbocycles. The van der Waals surface area contributed by atoms with Gasteiger partial charge >= 0.3 is 5.97 Å². The van der Waals surface area contributed by atoms with E-state index in [4.69, 9.17) is 5.11 Å². The predicted molar refractivity (Wildman–Crippen MR) is 126 cm³/mol. The Labute approximate surface area is 199 Å². The van der Waals surface area contributed by atoms with Gasteiger partial charge in [-0.25, -0.2) is 22.9 Å². The zero-order chi connectivity index (χ0) is 24.8. The number of carbonyl (C=O) groups is 2. The lowest BCUT2D eigenvalue weighted by molar-refractivity contribution is -0.132. The number of halogens is 3. The molecule has 9 heteroatoms. The van der Waals surface area contributed by atoms with E-state index >= 15 is 0 Å². The lowest BCUT2D eigenvalue weighted by Crippen LogP contribution is -2.13. The third-order valence-corrected chi connectivity index (χ3v) is 5.93. The van der Waals surface area contributed by atoms with E-state index < -0.39 is 29.1 Å². The van der Waals surface area contributed by atoms with Crippen LogP contribution in [0.2, 0.25) is 0 Å². The second kappa shape index (κ2) is 11.1. The van der Waals surface area contributed by atoms with E-state index in [2.05, 4.69) is 17.2 Å². The molecular weight excluding hydrogens is 465 g/mol. The van der Waals surface area contributed by atoms with Gasteiger partial charge in [0.05, 0.1) is 5.69 Å². The number of rotatable bonds is 9. The van der Waals surface area contributed by atoms with Crippen LogP contribution < -0.4 is 5.32 Å². The van der Waals surface area contributed by atoms with Gasteiger partial charge in [0.25, 0.3) is 5.91 Å². The van der Waals surface area contributed by atoms with Crippen molar-refractivity contribution in [2.75, 3.05) is 5.32 Å². The van der Waals surface area contributed by atoms with Crippen molar-refractivity contribution in [2.24, 2.45) is 0 Å². The van der Waals surface area contributed by atoms with Gasteiger partial charge in [-0.3, -0.25) is 10.1 Å². The minimum absolute atomic E-state index is 0.141. The summed E-state index contributed by atoms with van der Waals surface area (Å²) < 4.78 is 43.6. The first-order valence-corrected chi connectivity index (χ1v) is 11.5. The lowest BCUT2D eigenvalue weighted by Gasteiger charge is -2.07. The number of carboxylic acids is 1. The molecule has 1 heterocycles. The molecule has 3 rings (SSSR count). The summed E-state index contributed by atoms with van der Waals surface area (Å²) in [4.78, 5) is 27.7. The number of aromatic nitrogens is 1. The number of carboxylic acid groups (broad SMARTS) is 1. The maximum absolute atomic E-state index is 14.9. The summed E-state index contributed by atoms with van der Waals surface area (Å²) in [5.74, 6) is -4.63. The number of anilines is 1. The van der Waals surface area contributed by atoms with Gasteiger partial charge in [0.2, 0.25) is 0 Å². The van der Waals surface area contributed by atoms with Crippen LogP contribution in [0.25, 0.3) is 17.3 Å².